The van der Waals surface area contributed by atoms with E-state index in [1.165, 1.54) is 0 Å². The highest BCUT2D eigenvalue weighted by Crippen LogP contribution is 2.22. The van der Waals surface area contributed by atoms with Crippen molar-refractivity contribution in [2.45, 2.75) is 6.92 Å². The van der Waals surface area contributed by atoms with E-state index in [1.54, 1.807) is 31.0 Å². The fourth-order valence-corrected chi connectivity index (χ4v) is 3.31. The Hall–Kier alpha value is -2.47. The van der Waals surface area contributed by atoms with Crippen LogP contribution in [0, 0.1) is 6.92 Å². The maximum Gasteiger partial charge on any atom is 0.246 e. The van der Waals surface area contributed by atoms with Crippen LogP contribution < -0.4 is 9.64 Å². The van der Waals surface area contributed by atoms with Gasteiger partial charge in [0.25, 0.3) is 0 Å². The first-order valence-corrected chi connectivity index (χ1v) is 8.92. The maximum atomic E-state index is 12.5. The number of amides is 1. The van der Waals surface area contributed by atoms with Crippen LogP contribution in [0.2, 0.25) is 5.15 Å². The highest BCUT2D eigenvalue weighted by molar-refractivity contribution is 6.31. The van der Waals surface area contributed by atoms with Crippen molar-refractivity contribution in [2.24, 2.45) is 7.05 Å². The Kier molecular flexibility index (Phi) is 5.52. The van der Waals surface area contributed by atoms with Crippen molar-refractivity contribution in [2.75, 3.05) is 38.2 Å². The quantitative estimate of drug-likeness (QED) is 0.772. The topological polar surface area (TPSA) is 50.6 Å². The molecule has 0 N–H and O–H groups in total. The Morgan fingerprint density at radius 3 is 2.38 bits per heavy atom. The summed E-state index contributed by atoms with van der Waals surface area (Å²) in [4.78, 5) is 16.6. The molecule has 2 aromatic rings. The number of methoxy groups -OCH3 is 1. The molecule has 26 heavy (non-hydrogen) atoms. The zero-order chi connectivity index (χ0) is 18.7. The number of aromatic nitrogens is 2. The van der Waals surface area contributed by atoms with E-state index in [1.807, 2.05) is 36.1 Å². The van der Waals surface area contributed by atoms with E-state index in [0.717, 1.165) is 35.8 Å². The highest BCUT2D eigenvalue weighted by atomic mass is 35.5. The smallest absolute Gasteiger partial charge is 0.246 e. The number of ether oxygens (including phenoxy) is 1. The van der Waals surface area contributed by atoms with Gasteiger partial charge in [-0.3, -0.25) is 9.48 Å². The van der Waals surface area contributed by atoms with Crippen LogP contribution in [-0.2, 0) is 11.8 Å². The number of hydrogen-bond acceptors (Lipinski definition) is 4. The number of benzene rings is 1. The van der Waals surface area contributed by atoms with Crippen molar-refractivity contribution in [1.82, 2.24) is 14.7 Å². The molecular formula is C19H23ClN4O2. The van der Waals surface area contributed by atoms with Crippen molar-refractivity contribution < 1.29 is 9.53 Å². The summed E-state index contributed by atoms with van der Waals surface area (Å²) in [5.74, 6) is 0.843. The molecule has 0 saturated carbocycles. The monoisotopic (exact) mass is 374 g/mol. The molecule has 1 aromatic carbocycles. The first-order chi connectivity index (χ1) is 12.5. The van der Waals surface area contributed by atoms with Gasteiger partial charge in [0.2, 0.25) is 5.91 Å². The predicted octanol–water partition coefficient (Wildman–Crippen LogP) is 2.75. The van der Waals surface area contributed by atoms with Gasteiger partial charge >= 0.3 is 0 Å². The molecule has 1 fully saturated rings. The van der Waals surface area contributed by atoms with Gasteiger partial charge in [-0.25, -0.2) is 0 Å². The van der Waals surface area contributed by atoms with Gasteiger partial charge < -0.3 is 14.5 Å². The summed E-state index contributed by atoms with van der Waals surface area (Å²) in [5, 5.41) is 4.79. The standard InChI is InChI=1S/C19H23ClN4O2/c1-14-17(19(20)22(2)21-14)8-9-18(25)24-12-10-23(11-13-24)15-4-6-16(26-3)7-5-15/h4-9H,10-13H2,1-3H3/b9-8+. The molecule has 1 aliphatic heterocycles. The molecule has 0 unspecified atom stereocenters. The van der Waals surface area contributed by atoms with E-state index in [-0.39, 0.29) is 5.91 Å². The van der Waals surface area contributed by atoms with E-state index in [0.29, 0.717) is 18.2 Å². The second kappa shape index (κ2) is 7.83. The van der Waals surface area contributed by atoms with Crippen LogP contribution in [0.3, 0.4) is 0 Å². The molecule has 1 aromatic heterocycles. The number of halogens is 1. The predicted molar refractivity (Wildman–Crippen MR) is 104 cm³/mol. The van der Waals surface area contributed by atoms with Gasteiger partial charge in [0.05, 0.1) is 12.8 Å². The van der Waals surface area contributed by atoms with Crippen molar-refractivity contribution in [3.63, 3.8) is 0 Å². The number of rotatable bonds is 4. The van der Waals surface area contributed by atoms with Crippen LogP contribution in [0.5, 0.6) is 5.75 Å². The third-order valence-corrected chi connectivity index (χ3v) is 5.07. The third-order valence-electron chi connectivity index (χ3n) is 4.62. The molecule has 0 radical (unpaired) electrons. The SMILES string of the molecule is COc1ccc(N2CCN(C(=O)/C=C/c3c(C)nn(C)c3Cl)CC2)cc1. The summed E-state index contributed by atoms with van der Waals surface area (Å²) in [6, 6.07) is 8.00. The van der Waals surface area contributed by atoms with Crippen LogP contribution in [-0.4, -0.2) is 53.9 Å². The lowest BCUT2D eigenvalue weighted by atomic mass is 10.2. The van der Waals surface area contributed by atoms with E-state index in [9.17, 15) is 4.79 Å². The van der Waals surface area contributed by atoms with E-state index in [4.69, 9.17) is 16.3 Å². The number of carbonyl (C=O) groups is 1. The molecule has 1 aliphatic rings. The third kappa shape index (κ3) is 3.85. The van der Waals surface area contributed by atoms with Crippen molar-refractivity contribution in [3.8, 4) is 5.75 Å². The summed E-state index contributed by atoms with van der Waals surface area (Å²) in [5.41, 5.74) is 2.75. The first kappa shape index (κ1) is 18.3. The number of aryl methyl sites for hydroxylation is 2. The summed E-state index contributed by atoms with van der Waals surface area (Å²) >= 11 is 6.20. The molecule has 138 valence electrons. The minimum atomic E-state index is -0.00120. The van der Waals surface area contributed by atoms with Gasteiger partial charge in [-0.15, -0.1) is 0 Å². The summed E-state index contributed by atoms with van der Waals surface area (Å²) in [6.07, 6.45) is 3.34. The number of carbonyl (C=O) groups excluding carboxylic acids is 1. The largest absolute Gasteiger partial charge is 0.497 e. The molecule has 7 heteroatoms. The van der Waals surface area contributed by atoms with Crippen LogP contribution in [0.4, 0.5) is 5.69 Å². The lowest BCUT2D eigenvalue weighted by Crippen LogP contribution is -2.48. The molecule has 2 heterocycles. The number of anilines is 1. The fourth-order valence-electron chi connectivity index (χ4n) is 3.07. The summed E-state index contributed by atoms with van der Waals surface area (Å²) in [7, 11) is 3.44. The molecule has 6 nitrogen and oxygen atoms in total. The molecule has 0 bridgehead atoms. The number of nitrogens with zero attached hydrogens (tertiary/aromatic N) is 4. The Labute approximate surface area is 158 Å². The molecular weight excluding hydrogens is 352 g/mol. The summed E-state index contributed by atoms with van der Waals surface area (Å²) < 4.78 is 6.80. The van der Waals surface area contributed by atoms with Crippen LogP contribution >= 0.6 is 11.6 Å². The molecule has 1 amide bonds. The van der Waals surface area contributed by atoms with Crippen molar-refractivity contribution in [3.05, 3.63) is 46.8 Å². The number of piperazine rings is 1. The Morgan fingerprint density at radius 2 is 1.85 bits per heavy atom. The van der Waals surface area contributed by atoms with E-state index < -0.39 is 0 Å². The molecule has 0 atom stereocenters. The molecule has 0 spiro atoms. The average molecular weight is 375 g/mol. The Morgan fingerprint density at radius 1 is 1.19 bits per heavy atom. The van der Waals surface area contributed by atoms with Crippen LogP contribution in [0.25, 0.3) is 6.08 Å². The van der Waals surface area contributed by atoms with Gasteiger partial charge in [0, 0.05) is 50.6 Å². The Balaban J connectivity index is 1.58. The van der Waals surface area contributed by atoms with Gasteiger partial charge in [-0.1, -0.05) is 11.6 Å². The van der Waals surface area contributed by atoms with Gasteiger partial charge in [0.15, 0.2) is 0 Å². The molecule has 1 saturated heterocycles. The molecule has 0 aliphatic carbocycles. The van der Waals surface area contributed by atoms with Gasteiger partial charge in [0.1, 0.15) is 10.9 Å². The van der Waals surface area contributed by atoms with Crippen molar-refractivity contribution in [1.29, 1.82) is 0 Å². The second-order valence-corrected chi connectivity index (χ2v) is 6.62. The first-order valence-electron chi connectivity index (χ1n) is 8.54. The normalized spacial score (nSPS) is 14.9. The zero-order valence-corrected chi connectivity index (χ0v) is 16.0. The molecule has 3 rings (SSSR count). The number of hydrogen-bond donors (Lipinski definition) is 0. The van der Waals surface area contributed by atoms with E-state index >= 15 is 0 Å². The van der Waals surface area contributed by atoms with Crippen molar-refractivity contribution >= 4 is 29.3 Å². The van der Waals surface area contributed by atoms with Crippen LogP contribution in [0.1, 0.15) is 11.3 Å². The van der Waals surface area contributed by atoms with Gasteiger partial charge in [-0.05, 0) is 37.3 Å². The lowest BCUT2D eigenvalue weighted by Gasteiger charge is -2.35. The van der Waals surface area contributed by atoms with Gasteiger partial charge in [-0.2, -0.15) is 5.10 Å². The minimum absolute atomic E-state index is 0.00120. The highest BCUT2D eigenvalue weighted by Gasteiger charge is 2.20. The maximum absolute atomic E-state index is 12.5. The average Bonchev–Trinajstić information content (AvgIpc) is 2.91. The minimum Gasteiger partial charge on any atom is -0.497 e. The lowest BCUT2D eigenvalue weighted by molar-refractivity contribution is -0.126. The van der Waals surface area contributed by atoms with E-state index in [2.05, 4.69) is 10.00 Å². The van der Waals surface area contributed by atoms with Crippen LogP contribution in [0.15, 0.2) is 30.3 Å². The Bertz CT molecular complexity index is 806. The fraction of sp³-hybridized carbons (Fsp3) is 0.368. The second-order valence-electron chi connectivity index (χ2n) is 6.26. The zero-order valence-electron chi connectivity index (χ0n) is 15.3. The summed E-state index contributed by atoms with van der Waals surface area (Å²) in [6.45, 7) is 4.87.